The number of aryl methyl sites for hydroxylation is 1. The molecule has 0 radical (unpaired) electrons. The molecule has 2 aromatic heterocycles. The van der Waals surface area contributed by atoms with Gasteiger partial charge < -0.3 is 10.4 Å². The van der Waals surface area contributed by atoms with Gasteiger partial charge in [0, 0.05) is 17.3 Å². The topological polar surface area (TPSA) is 79.3 Å². The zero-order valence-corrected chi connectivity index (χ0v) is 11.2. The summed E-state index contributed by atoms with van der Waals surface area (Å²) in [5.41, 5.74) is 1.22. The highest BCUT2D eigenvalue weighted by Crippen LogP contribution is 2.32. The van der Waals surface area contributed by atoms with Crippen molar-refractivity contribution in [2.24, 2.45) is 0 Å². The molecule has 0 aliphatic rings. The summed E-state index contributed by atoms with van der Waals surface area (Å²) in [6.45, 7) is 3.56. The molecule has 0 atom stereocenters. The summed E-state index contributed by atoms with van der Waals surface area (Å²) in [6.07, 6.45) is 3.00. The second-order valence-electron chi connectivity index (χ2n) is 3.99. The third-order valence-electron chi connectivity index (χ3n) is 2.75. The van der Waals surface area contributed by atoms with Crippen LogP contribution in [0.5, 0.6) is 0 Å². The lowest BCUT2D eigenvalue weighted by Gasteiger charge is -2.04. The first-order valence-electron chi connectivity index (χ1n) is 5.55. The van der Waals surface area contributed by atoms with E-state index in [2.05, 4.69) is 10.3 Å². The fourth-order valence-electron chi connectivity index (χ4n) is 1.64. The van der Waals surface area contributed by atoms with Crippen molar-refractivity contribution in [2.75, 3.05) is 5.32 Å². The first-order chi connectivity index (χ1) is 9.00. The molecule has 0 spiro atoms. The third kappa shape index (κ3) is 2.63. The predicted molar refractivity (Wildman–Crippen MR) is 72.9 cm³/mol. The highest BCUT2D eigenvalue weighted by molar-refractivity contribution is 7.16. The number of hydrogen-bond donors (Lipinski definition) is 2. The molecule has 6 heteroatoms. The monoisotopic (exact) mass is 276 g/mol. The lowest BCUT2D eigenvalue weighted by Crippen LogP contribution is -2.13. The van der Waals surface area contributed by atoms with Crippen molar-refractivity contribution in [1.82, 2.24) is 4.98 Å². The number of pyridine rings is 1. The van der Waals surface area contributed by atoms with Crippen LogP contribution in [-0.2, 0) is 0 Å². The third-order valence-corrected chi connectivity index (χ3v) is 3.87. The highest BCUT2D eigenvalue weighted by atomic mass is 32.1. The maximum absolute atomic E-state index is 12.0. The van der Waals surface area contributed by atoms with Crippen LogP contribution in [0.1, 0.15) is 31.2 Å². The molecule has 2 heterocycles. The van der Waals surface area contributed by atoms with Crippen molar-refractivity contribution in [3.8, 4) is 0 Å². The molecule has 98 valence electrons. The molecule has 0 aliphatic heterocycles. The number of carbonyl (C=O) groups excluding carboxylic acids is 1. The van der Waals surface area contributed by atoms with Gasteiger partial charge in [-0.05, 0) is 31.5 Å². The van der Waals surface area contributed by atoms with Crippen LogP contribution in [0, 0.1) is 13.8 Å². The van der Waals surface area contributed by atoms with E-state index in [0.717, 1.165) is 4.88 Å². The molecule has 5 nitrogen and oxygen atoms in total. The molecule has 0 saturated heterocycles. The Bertz CT molecular complexity index is 635. The zero-order valence-electron chi connectivity index (χ0n) is 10.4. The number of thiophene rings is 1. The lowest BCUT2D eigenvalue weighted by molar-refractivity contribution is 0.0697. The van der Waals surface area contributed by atoms with Crippen molar-refractivity contribution in [3.63, 3.8) is 0 Å². The van der Waals surface area contributed by atoms with E-state index in [1.165, 1.54) is 17.5 Å². The second kappa shape index (κ2) is 5.19. The van der Waals surface area contributed by atoms with E-state index in [9.17, 15) is 14.7 Å². The van der Waals surface area contributed by atoms with Gasteiger partial charge in [0.2, 0.25) is 0 Å². The first-order valence-corrected chi connectivity index (χ1v) is 6.37. The van der Waals surface area contributed by atoms with Crippen molar-refractivity contribution in [3.05, 3.63) is 46.1 Å². The molecular formula is C13H12N2O3S. The standard InChI is InChI=1S/C13H12N2O3S/c1-7-8(2)19-12(10(7)13(17)18)15-11(16)9-4-3-5-14-6-9/h3-6H,1-2H3,(H,15,16)(H,17,18). The molecule has 0 saturated carbocycles. The molecule has 2 rings (SSSR count). The highest BCUT2D eigenvalue weighted by Gasteiger charge is 2.20. The van der Waals surface area contributed by atoms with Crippen LogP contribution in [0.3, 0.4) is 0 Å². The molecule has 1 amide bonds. The minimum Gasteiger partial charge on any atom is -0.478 e. The number of carboxylic acids is 1. The summed E-state index contributed by atoms with van der Waals surface area (Å²) < 4.78 is 0. The molecule has 0 aromatic carbocycles. The molecule has 0 aliphatic carbocycles. The van der Waals surface area contributed by atoms with Crippen molar-refractivity contribution < 1.29 is 14.7 Å². The van der Waals surface area contributed by atoms with Gasteiger partial charge in [-0.2, -0.15) is 0 Å². The Morgan fingerprint density at radius 2 is 2.11 bits per heavy atom. The molecular weight excluding hydrogens is 264 g/mol. The number of amides is 1. The van der Waals surface area contributed by atoms with Gasteiger partial charge >= 0.3 is 5.97 Å². The van der Waals surface area contributed by atoms with Crippen LogP contribution in [0.25, 0.3) is 0 Å². The maximum Gasteiger partial charge on any atom is 0.338 e. The predicted octanol–water partition coefficient (Wildman–Crippen LogP) is 2.71. The number of rotatable bonds is 3. The number of anilines is 1. The minimum atomic E-state index is -1.04. The van der Waals surface area contributed by atoms with Crippen LogP contribution in [0.4, 0.5) is 5.00 Å². The fraction of sp³-hybridized carbons (Fsp3) is 0.154. The lowest BCUT2D eigenvalue weighted by atomic mass is 10.1. The van der Waals surface area contributed by atoms with E-state index in [4.69, 9.17) is 0 Å². The fourth-order valence-corrected chi connectivity index (χ4v) is 2.69. The Balaban J connectivity index is 2.32. The molecule has 19 heavy (non-hydrogen) atoms. The van der Waals surface area contributed by atoms with Crippen LogP contribution < -0.4 is 5.32 Å². The Kier molecular flexibility index (Phi) is 3.62. The number of nitrogens with one attached hydrogen (secondary N) is 1. The van der Waals surface area contributed by atoms with E-state index >= 15 is 0 Å². The van der Waals surface area contributed by atoms with Crippen molar-refractivity contribution in [1.29, 1.82) is 0 Å². The number of hydrogen-bond acceptors (Lipinski definition) is 4. The van der Waals surface area contributed by atoms with E-state index in [-0.39, 0.29) is 11.5 Å². The molecule has 2 N–H and O–H groups in total. The number of nitrogens with zero attached hydrogens (tertiary/aromatic N) is 1. The summed E-state index contributed by atoms with van der Waals surface area (Å²) >= 11 is 1.26. The largest absolute Gasteiger partial charge is 0.478 e. The van der Waals surface area contributed by atoms with Gasteiger partial charge in [0.1, 0.15) is 5.00 Å². The quantitative estimate of drug-likeness (QED) is 0.903. The summed E-state index contributed by atoms with van der Waals surface area (Å²) in [7, 11) is 0. The summed E-state index contributed by atoms with van der Waals surface area (Å²) in [4.78, 5) is 27.9. The number of aromatic carboxylic acids is 1. The Morgan fingerprint density at radius 3 is 2.68 bits per heavy atom. The summed E-state index contributed by atoms with van der Waals surface area (Å²) in [5, 5.41) is 12.2. The van der Waals surface area contributed by atoms with Crippen LogP contribution in [0.2, 0.25) is 0 Å². The van der Waals surface area contributed by atoms with Gasteiger partial charge in [-0.3, -0.25) is 9.78 Å². The van der Waals surface area contributed by atoms with Gasteiger partial charge in [0.05, 0.1) is 11.1 Å². The second-order valence-corrected chi connectivity index (χ2v) is 5.21. The Hall–Kier alpha value is -2.21. The summed E-state index contributed by atoms with van der Waals surface area (Å²) in [6, 6.07) is 3.27. The van der Waals surface area contributed by atoms with Gasteiger partial charge in [-0.1, -0.05) is 0 Å². The van der Waals surface area contributed by atoms with E-state index in [0.29, 0.717) is 16.1 Å². The number of carbonyl (C=O) groups is 2. The van der Waals surface area contributed by atoms with Crippen molar-refractivity contribution in [2.45, 2.75) is 13.8 Å². The van der Waals surface area contributed by atoms with E-state index < -0.39 is 5.97 Å². The minimum absolute atomic E-state index is 0.153. The zero-order chi connectivity index (χ0) is 14.0. The molecule has 0 bridgehead atoms. The molecule has 0 unspecified atom stereocenters. The first kappa shape index (κ1) is 13.2. The Morgan fingerprint density at radius 1 is 1.37 bits per heavy atom. The van der Waals surface area contributed by atoms with Gasteiger partial charge in [0.25, 0.3) is 5.91 Å². The van der Waals surface area contributed by atoms with Gasteiger partial charge in [-0.25, -0.2) is 4.79 Å². The van der Waals surface area contributed by atoms with Crippen molar-refractivity contribution >= 4 is 28.2 Å². The van der Waals surface area contributed by atoms with E-state index in [1.54, 1.807) is 25.3 Å². The van der Waals surface area contributed by atoms with Crippen LogP contribution in [0.15, 0.2) is 24.5 Å². The van der Waals surface area contributed by atoms with Gasteiger partial charge in [0.15, 0.2) is 0 Å². The van der Waals surface area contributed by atoms with Crippen LogP contribution in [-0.4, -0.2) is 22.0 Å². The molecule has 2 aromatic rings. The SMILES string of the molecule is Cc1sc(NC(=O)c2cccnc2)c(C(=O)O)c1C. The van der Waals surface area contributed by atoms with Gasteiger partial charge in [-0.15, -0.1) is 11.3 Å². The summed E-state index contributed by atoms with van der Waals surface area (Å²) in [5.74, 6) is -1.40. The smallest absolute Gasteiger partial charge is 0.338 e. The van der Waals surface area contributed by atoms with Crippen LogP contribution >= 0.6 is 11.3 Å². The number of aromatic nitrogens is 1. The van der Waals surface area contributed by atoms with E-state index in [1.807, 2.05) is 6.92 Å². The average Bonchev–Trinajstić information content (AvgIpc) is 2.65. The Labute approximate surface area is 113 Å². The molecule has 0 fully saturated rings. The number of carboxylic acid groups (broad SMARTS) is 1. The maximum atomic E-state index is 12.0. The average molecular weight is 276 g/mol. The normalized spacial score (nSPS) is 10.2.